The Morgan fingerprint density at radius 2 is 2.10 bits per heavy atom. The number of nitrogens with zero attached hydrogens (tertiary/aromatic N) is 1. The third-order valence-electron chi connectivity index (χ3n) is 3.49. The summed E-state index contributed by atoms with van der Waals surface area (Å²) in [6, 6.07) is 5.88. The lowest BCUT2D eigenvalue weighted by molar-refractivity contribution is -0.117. The molecule has 1 aromatic carbocycles. The molecule has 114 valence electrons. The van der Waals surface area contributed by atoms with Gasteiger partial charge in [0.05, 0.1) is 6.54 Å². The van der Waals surface area contributed by atoms with Crippen LogP contribution in [0.2, 0.25) is 0 Å². The van der Waals surface area contributed by atoms with Crippen molar-refractivity contribution < 1.29 is 9.18 Å². The summed E-state index contributed by atoms with van der Waals surface area (Å²) in [4.78, 5) is 14.0. The van der Waals surface area contributed by atoms with Crippen LogP contribution in [-0.4, -0.2) is 34.0 Å². The Balaban J connectivity index is 1.96. The van der Waals surface area contributed by atoms with Gasteiger partial charge < -0.3 is 15.5 Å². The van der Waals surface area contributed by atoms with Crippen LogP contribution in [-0.2, 0) is 4.79 Å². The summed E-state index contributed by atoms with van der Waals surface area (Å²) in [5, 5.41) is 6.57. The minimum absolute atomic E-state index is 0.0551. The van der Waals surface area contributed by atoms with E-state index in [-0.39, 0.29) is 29.8 Å². The first-order valence-electron chi connectivity index (χ1n) is 6.91. The second kappa shape index (κ2) is 5.97. The van der Waals surface area contributed by atoms with Crippen LogP contribution in [0.25, 0.3) is 0 Å². The highest BCUT2D eigenvalue weighted by atomic mass is 32.1. The van der Waals surface area contributed by atoms with Gasteiger partial charge in [0, 0.05) is 17.3 Å². The first-order chi connectivity index (χ1) is 9.77. The molecule has 0 bridgehead atoms. The van der Waals surface area contributed by atoms with Gasteiger partial charge in [-0.1, -0.05) is 0 Å². The molecule has 1 atom stereocenters. The number of thiocarbonyl (C=S) groups is 1. The maximum absolute atomic E-state index is 12.8. The third kappa shape index (κ3) is 4.14. The highest BCUT2D eigenvalue weighted by Crippen LogP contribution is 2.21. The largest absolute Gasteiger partial charge is 0.358 e. The number of carbonyl (C=O) groups is 1. The monoisotopic (exact) mass is 309 g/mol. The maximum Gasteiger partial charge on any atom is 0.243 e. The lowest BCUT2D eigenvalue weighted by Gasteiger charge is -2.44. The van der Waals surface area contributed by atoms with Crippen molar-refractivity contribution in [2.75, 3.05) is 11.9 Å². The molecule has 1 amide bonds. The van der Waals surface area contributed by atoms with Gasteiger partial charge in [-0.2, -0.15) is 0 Å². The van der Waals surface area contributed by atoms with E-state index in [1.165, 1.54) is 24.3 Å². The fourth-order valence-corrected chi connectivity index (χ4v) is 3.10. The predicted octanol–water partition coefficient (Wildman–Crippen LogP) is 2.51. The molecule has 6 heteroatoms. The molecule has 0 radical (unpaired) electrons. The fraction of sp³-hybridized carbons (Fsp3) is 0.467. The van der Waals surface area contributed by atoms with Gasteiger partial charge in [-0.3, -0.25) is 4.79 Å². The highest BCUT2D eigenvalue weighted by molar-refractivity contribution is 7.80. The first-order valence-corrected chi connectivity index (χ1v) is 7.32. The summed E-state index contributed by atoms with van der Waals surface area (Å²) in [6.45, 7) is 6.41. The van der Waals surface area contributed by atoms with E-state index >= 15 is 0 Å². The minimum Gasteiger partial charge on any atom is -0.358 e. The second-order valence-corrected chi connectivity index (χ2v) is 6.44. The van der Waals surface area contributed by atoms with Crippen molar-refractivity contribution >= 4 is 28.9 Å². The molecule has 0 spiro atoms. The van der Waals surface area contributed by atoms with Gasteiger partial charge in [0.2, 0.25) is 5.91 Å². The minimum atomic E-state index is -0.328. The molecular formula is C15H20FN3OS. The second-order valence-electron chi connectivity index (χ2n) is 6.05. The van der Waals surface area contributed by atoms with Crippen molar-refractivity contribution in [2.45, 2.75) is 38.8 Å². The molecule has 0 aromatic heterocycles. The van der Waals surface area contributed by atoms with Crippen LogP contribution in [0.5, 0.6) is 0 Å². The third-order valence-corrected chi connectivity index (χ3v) is 3.82. The average Bonchev–Trinajstić information content (AvgIpc) is 2.36. The molecule has 21 heavy (non-hydrogen) atoms. The molecule has 1 unspecified atom stereocenters. The average molecular weight is 309 g/mol. The summed E-state index contributed by atoms with van der Waals surface area (Å²) in [6.07, 6.45) is 0.900. The Labute approximate surface area is 129 Å². The van der Waals surface area contributed by atoms with Gasteiger partial charge in [-0.25, -0.2) is 4.39 Å². The number of hydrogen-bond acceptors (Lipinski definition) is 2. The van der Waals surface area contributed by atoms with Gasteiger partial charge in [0.25, 0.3) is 0 Å². The Bertz CT molecular complexity index is 544. The van der Waals surface area contributed by atoms with Crippen LogP contribution >= 0.6 is 12.2 Å². The Morgan fingerprint density at radius 1 is 1.48 bits per heavy atom. The summed E-state index contributed by atoms with van der Waals surface area (Å²) >= 11 is 5.34. The normalized spacial score (nSPS) is 20.9. The van der Waals surface area contributed by atoms with Crippen molar-refractivity contribution in [3.63, 3.8) is 0 Å². The topological polar surface area (TPSA) is 44.4 Å². The Hall–Kier alpha value is -1.69. The van der Waals surface area contributed by atoms with Gasteiger partial charge in [-0.05, 0) is 63.7 Å². The Morgan fingerprint density at radius 3 is 2.67 bits per heavy atom. The molecule has 2 rings (SSSR count). The SMILES string of the molecule is CC1CC(C)(C)NC(=S)N1CC(=O)Nc1ccc(F)cc1. The van der Waals surface area contributed by atoms with Crippen LogP contribution in [0.1, 0.15) is 27.2 Å². The van der Waals surface area contributed by atoms with Crippen molar-refractivity contribution in [2.24, 2.45) is 0 Å². The molecule has 1 aliphatic heterocycles. The van der Waals surface area contributed by atoms with E-state index in [1.807, 2.05) is 4.90 Å². The van der Waals surface area contributed by atoms with E-state index in [9.17, 15) is 9.18 Å². The van der Waals surface area contributed by atoms with E-state index < -0.39 is 0 Å². The van der Waals surface area contributed by atoms with E-state index in [1.54, 1.807) is 0 Å². The lowest BCUT2D eigenvalue weighted by Crippen LogP contribution is -2.61. The van der Waals surface area contributed by atoms with Crippen LogP contribution in [0.4, 0.5) is 10.1 Å². The van der Waals surface area contributed by atoms with E-state index in [0.717, 1.165) is 6.42 Å². The zero-order valence-electron chi connectivity index (χ0n) is 12.4. The fourth-order valence-electron chi connectivity index (χ4n) is 2.58. The number of rotatable bonds is 3. The van der Waals surface area contributed by atoms with Crippen molar-refractivity contribution in [1.29, 1.82) is 0 Å². The van der Waals surface area contributed by atoms with Gasteiger partial charge >= 0.3 is 0 Å². The smallest absolute Gasteiger partial charge is 0.243 e. The number of halogens is 1. The summed E-state index contributed by atoms with van der Waals surface area (Å²) < 4.78 is 12.8. The Kier molecular flexibility index (Phi) is 4.46. The molecular weight excluding hydrogens is 289 g/mol. The molecule has 1 aliphatic rings. The zero-order chi connectivity index (χ0) is 15.6. The summed E-state index contributed by atoms with van der Waals surface area (Å²) in [5.41, 5.74) is 0.519. The van der Waals surface area contributed by atoms with Gasteiger partial charge in [0.15, 0.2) is 5.11 Å². The molecule has 4 nitrogen and oxygen atoms in total. The van der Waals surface area contributed by atoms with Crippen LogP contribution in [0.15, 0.2) is 24.3 Å². The van der Waals surface area contributed by atoms with E-state index in [2.05, 4.69) is 31.4 Å². The molecule has 2 N–H and O–H groups in total. The quantitative estimate of drug-likeness (QED) is 0.842. The van der Waals surface area contributed by atoms with Crippen molar-refractivity contribution in [3.8, 4) is 0 Å². The van der Waals surface area contributed by atoms with E-state index in [0.29, 0.717) is 10.8 Å². The van der Waals surface area contributed by atoms with Crippen LogP contribution in [0, 0.1) is 5.82 Å². The van der Waals surface area contributed by atoms with Gasteiger partial charge in [0.1, 0.15) is 5.82 Å². The zero-order valence-corrected chi connectivity index (χ0v) is 13.3. The first kappa shape index (κ1) is 15.7. The van der Waals surface area contributed by atoms with Crippen molar-refractivity contribution in [3.05, 3.63) is 30.1 Å². The molecule has 1 aromatic rings. The van der Waals surface area contributed by atoms with Gasteiger partial charge in [-0.15, -0.1) is 0 Å². The van der Waals surface area contributed by atoms with Crippen LogP contribution in [0.3, 0.4) is 0 Å². The highest BCUT2D eigenvalue weighted by Gasteiger charge is 2.33. The lowest BCUT2D eigenvalue weighted by atomic mass is 9.93. The number of nitrogens with one attached hydrogen (secondary N) is 2. The number of hydrogen-bond donors (Lipinski definition) is 2. The standard InChI is InChI=1S/C15H20FN3OS/c1-10-8-15(2,3)18-14(21)19(10)9-13(20)17-12-6-4-11(16)5-7-12/h4-7,10H,8-9H2,1-3H3,(H,17,20)(H,18,21). The molecule has 1 fully saturated rings. The molecule has 0 aliphatic carbocycles. The van der Waals surface area contributed by atoms with E-state index in [4.69, 9.17) is 12.2 Å². The molecule has 0 saturated carbocycles. The number of amides is 1. The summed E-state index contributed by atoms with van der Waals surface area (Å²) in [7, 11) is 0. The maximum atomic E-state index is 12.8. The number of benzene rings is 1. The predicted molar refractivity (Wildman–Crippen MR) is 85.6 cm³/mol. The number of anilines is 1. The number of carbonyl (C=O) groups excluding carboxylic acids is 1. The van der Waals surface area contributed by atoms with Crippen molar-refractivity contribution in [1.82, 2.24) is 10.2 Å². The summed E-state index contributed by atoms with van der Waals surface area (Å²) in [5.74, 6) is -0.498. The molecule has 1 heterocycles. The molecule has 1 saturated heterocycles. The van der Waals surface area contributed by atoms with Crippen LogP contribution < -0.4 is 10.6 Å².